The van der Waals surface area contributed by atoms with Crippen LogP contribution in [0.4, 0.5) is 5.69 Å². The SMILES string of the molecule is C=C1SC(=Nc2ccccc2Cl)N(S(=O)(=O)c2ccc(C)cc2)C12CCCCC2. The minimum Gasteiger partial charge on any atom is -0.233 e. The summed E-state index contributed by atoms with van der Waals surface area (Å²) < 4.78 is 29.1. The molecule has 0 bridgehead atoms. The van der Waals surface area contributed by atoms with E-state index in [4.69, 9.17) is 11.6 Å². The van der Waals surface area contributed by atoms with Crippen molar-refractivity contribution in [3.05, 3.63) is 70.6 Å². The van der Waals surface area contributed by atoms with Crippen molar-refractivity contribution in [2.24, 2.45) is 4.99 Å². The number of thioether (sulfide) groups is 1. The Morgan fingerprint density at radius 2 is 1.72 bits per heavy atom. The van der Waals surface area contributed by atoms with Crippen molar-refractivity contribution in [1.29, 1.82) is 0 Å². The van der Waals surface area contributed by atoms with Gasteiger partial charge in [-0.1, -0.05) is 79.0 Å². The summed E-state index contributed by atoms with van der Waals surface area (Å²) in [5.74, 6) is 0. The number of benzene rings is 2. The lowest BCUT2D eigenvalue weighted by atomic mass is 9.82. The van der Waals surface area contributed by atoms with Gasteiger partial charge >= 0.3 is 0 Å². The Kier molecular flexibility index (Phi) is 5.53. The Morgan fingerprint density at radius 3 is 2.38 bits per heavy atom. The van der Waals surface area contributed by atoms with Crippen molar-refractivity contribution >= 4 is 44.2 Å². The van der Waals surface area contributed by atoms with Crippen LogP contribution < -0.4 is 0 Å². The van der Waals surface area contributed by atoms with Gasteiger partial charge in [-0.25, -0.2) is 17.7 Å². The molecule has 2 aliphatic rings. The van der Waals surface area contributed by atoms with E-state index >= 15 is 0 Å². The zero-order chi connectivity index (χ0) is 20.6. The van der Waals surface area contributed by atoms with Crippen LogP contribution in [0.5, 0.6) is 0 Å². The molecule has 4 rings (SSSR count). The lowest BCUT2D eigenvalue weighted by molar-refractivity contribution is 0.245. The highest BCUT2D eigenvalue weighted by Gasteiger charge is 2.54. The molecule has 0 atom stereocenters. The first-order chi connectivity index (χ1) is 13.8. The van der Waals surface area contributed by atoms with Crippen LogP contribution in [-0.2, 0) is 10.0 Å². The molecule has 1 spiro atoms. The predicted octanol–water partition coefficient (Wildman–Crippen LogP) is 6.29. The van der Waals surface area contributed by atoms with E-state index in [2.05, 4.69) is 11.6 Å². The molecule has 1 aliphatic heterocycles. The number of hydrogen-bond acceptors (Lipinski definition) is 4. The van der Waals surface area contributed by atoms with Crippen molar-refractivity contribution < 1.29 is 8.42 Å². The van der Waals surface area contributed by atoms with E-state index in [0.717, 1.165) is 42.6 Å². The van der Waals surface area contributed by atoms with Gasteiger partial charge in [0, 0.05) is 4.91 Å². The molecule has 2 aromatic carbocycles. The smallest absolute Gasteiger partial charge is 0.233 e. The molecule has 0 unspecified atom stereocenters. The Hall–Kier alpha value is -1.76. The topological polar surface area (TPSA) is 49.7 Å². The molecule has 1 aliphatic carbocycles. The predicted molar refractivity (Wildman–Crippen MR) is 121 cm³/mol. The van der Waals surface area contributed by atoms with Gasteiger partial charge in [-0.2, -0.15) is 0 Å². The highest BCUT2D eigenvalue weighted by Crippen LogP contribution is 2.53. The quantitative estimate of drug-likeness (QED) is 0.556. The number of sulfonamides is 1. The number of para-hydroxylation sites is 1. The van der Waals surface area contributed by atoms with E-state index in [1.807, 2.05) is 31.2 Å². The third-order valence-corrected chi connectivity index (χ3v) is 8.99. The first-order valence-electron chi connectivity index (χ1n) is 9.67. The Balaban J connectivity index is 1.89. The lowest BCUT2D eigenvalue weighted by Gasteiger charge is -2.41. The molecule has 0 amide bonds. The monoisotopic (exact) mass is 446 g/mol. The van der Waals surface area contributed by atoms with Crippen molar-refractivity contribution in [3.63, 3.8) is 0 Å². The van der Waals surface area contributed by atoms with Crippen LogP contribution >= 0.6 is 23.4 Å². The molecule has 1 saturated carbocycles. The van der Waals surface area contributed by atoms with E-state index in [1.54, 1.807) is 24.3 Å². The molecule has 1 heterocycles. The van der Waals surface area contributed by atoms with Crippen LogP contribution in [0.3, 0.4) is 0 Å². The average Bonchev–Trinajstić information content (AvgIpc) is 2.96. The van der Waals surface area contributed by atoms with Crippen molar-refractivity contribution in [3.8, 4) is 0 Å². The van der Waals surface area contributed by atoms with Crippen molar-refractivity contribution in [2.45, 2.75) is 49.5 Å². The number of halogens is 1. The average molecular weight is 447 g/mol. The first-order valence-corrected chi connectivity index (χ1v) is 12.3. The minimum absolute atomic E-state index is 0.273. The van der Waals surface area contributed by atoms with Gasteiger partial charge in [-0.05, 0) is 44.0 Å². The molecule has 7 heteroatoms. The summed E-state index contributed by atoms with van der Waals surface area (Å²) >= 11 is 7.66. The fourth-order valence-corrected chi connectivity index (χ4v) is 7.46. The maximum Gasteiger partial charge on any atom is 0.266 e. The van der Waals surface area contributed by atoms with Gasteiger partial charge in [0.15, 0.2) is 5.17 Å². The number of amidine groups is 1. The van der Waals surface area contributed by atoms with Crippen LogP contribution in [0.15, 0.2) is 69.9 Å². The Labute approximate surface area is 181 Å². The third kappa shape index (κ3) is 3.62. The highest BCUT2D eigenvalue weighted by atomic mass is 35.5. The molecule has 2 fully saturated rings. The largest absolute Gasteiger partial charge is 0.266 e. The van der Waals surface area contributed by atoms with Gasteiger partial charge in [-0.3, -0.25) is 0 Å². The summed E-state index contributed by atoms with van der Waals surface area (Å²) in [6, 6.07) is 14.2. The molecule has 0 aromatic heterocycles. The second kappa shape index (κ2) is 7.82. The Bertz CT molecular complexity index is 1070. The molecule has 29 heavy (non-hydrogen) atoms. The second-order valence-corrected chi connectivity index (χ2v) is 10.8. The van der Waals surface area contributed by atoms with E-state index < -0.39 is 15.6 Å². The molecular formula is C22H23ClN2O2S2. The summed E-state index contributed by atoms with van der Waals surface area (Å²) in [7, 11) is -3.80. The van der Waals surface area contributed by atoms with E-state index in [1.165, 1.54) is 16.1 Å². The van der Waals surface area contributed by atoms with Crippen LogP contribution in [0.2, 0.25) is 5.02 Å². The fourth-order valence-electron chi connectivity index (χ4n) is 4.02. The third-order valence-electron chi connectivity index (χ3n) is 5.60. The molecule has 2 aromatic rings. The van der Waals surface area contributed by atoms with Gasteiger partial charge in [0.2, 0.25) is 0 Å². The standard InChI is InChI=1S/C22H23ClN2O2S2/c1-16-10-12-18(13-11-16)29(26,27)25-21(24-20-9-5-4-8-19(20)23)28-17(2)22(25)14-6-3-7-15-22/h4-5,8-13H,2-3,6-7,14-15H2,1H3. The lowest BCUT2D eigenvalue weighted by Crippen LogP contribution is -2.50. The summed E-state index contributed by atoms with van der Waals surface area (Å²) in [5, 5.41) is 0.911. The molecule has 4 nitrogen and oxygen atoms in total. The zero-order valence-corrected chi connectivity index (χ0v) is 18.7. The highest BCUT2D eigenvalue weighted by molar-refractivity contribution is 8.18. The summed E-state index contributed by atoms with van der Waals surface area (Å²) in [4.78, 5) is 5.80. The van der Waals surface area contributed by atoms with Crippen LogP contribution in [-0.4, -0.2) is 23.4 Å². The van der Waals surface area contributed by atoms with Crippen LogP contribution in [0.25, 0.3) is 0 Å². The number of aryl methyl sites for hydroxylation is 1. The molecule has 0 radical (unpaired) electrons. The van der Waals surface area contributed by atoms with Gasteiger partial charge in [0.05, 0.1) is 21.1 Å². The van der Waals surface area contributed by atoms with Crippen LogP contribution in [0.1, 0.15) is 37.7 Å². The van der Waals surface area contributed by atoms with Crippen molar-refractivity contribution in [1.82, 2.24) is 4.31 Å². The maximum absolute atomic E-state index is 13.8. The van der Waals surface area contributed by atoms with E-state index in [0.29, 0.717) is 15.9 Å². The van der Waals surface area contributed by atoms with Gasteiger partial charge in [0.25, 0.3) is 10.0 Å². The number of nitrogens with zero attached hydrogens (tertiary/aromatic N) is 2. The van der Waals surface area contributed by atoms with E-state index in [9.17, 15) is 8.42 Å². The minimum atomic E-state index is -3.80. The number of rotatable bonds is 3. The summed E-state index contributed by atoms with van der Waals surface area (Å²) in [5.41, 5.74) is 0.940. The number of aliphatic imine (C=N–C) groups is 1. The van der Waals surface area contributed by atoms with Gasteiger partial charge < -0.3 is 0 Å². The van der Waals surface area contributed by atoms with Gasteiger partial charge in [0.1, 0.15) is 0 Å². The molecule has 152 valence electrons. The van der Waals surface area contributed by atoms with Gasteiger partial charge in [-0.15, -0.1) is 0 Å². The second-order valence-electron chi connectivity index (χ2n) is 7.55. The maximum atomic E-state index is 13.8. The summed E-state index contributed by atoms with van der Waals surface area (Å²) in [6.45, 7) is 6.20. The first kappa shape index (κ1) is 20.5. The zero-order valence-electron chi connectivity index (χ0n) is 16.3. The molecule has 1 saturated heterocycles. The Morgan fingerprint density at radius 1 is 1.07 bits per heavy atom. The van der Waals surface area contributed by atoms with Crippen LogP contribution in [0, 0.1) is 6.92 Å². The number of hydrogen-bond donors (Lipinski definition) is 0. The molecular weight excluding hydrogens is 424 g/mol. The summed E-state index contributed by atoms with van der Waals surface area (Å²) in [6.07, 6.45) is 4.56. The molecule has 0 N–H and O–H groups in total. The van der Waals surface area contributed by atoms with E-state index in [-0.39, 0.29) is 4.90 Å². The fraction of sp³-hybridized carbons (Fsp3) is 0.318. The van der Waals surface area contributed by atoms with Crippen molar-refractivity contribution in [2.75, 3.05) is 0 Å². The normalized spacial score (nSPS) is 20.6.